The van der Waals surface area contributed by atoms with Crippen molar-refractivity contribution in [3.05, 3.63) is 72.2 Å². The number of anilines is 2. The Morgan fingerprint density at radius 1 is 0.976 bits per heavy atom. The van der Waals surface area contributed by atoms with Gasteiger partial charge in [-0.3, -0.25) is 14.3 Å². The van der Waals surface area contributed by atoms with Gasteiger partial charge in [-0.25, -0.2) is 14.8 Å². The molecule has 2 N–H and O–H groups in total. The van der Waals surface area contributed by atoms with Crippen LogP contribution in [0.2, 0.25) is 0 Å². The number of halogens is 3. The first-order chi connectivity index (χ1) is 19.5. The topological polar surface area (TPSA) is 105 Å². The molecule has 13 heteroatoms. The number of hydrogen-bond donors (Lipinski definition) is 2. The Labute approximate surface area is 233 Å². The number of alkyl halides is 3. The molecular formula is C28H28F3N7O3. The lowest BCUT2D eigenvalue weighted by Crippen LogP contribution is -2.44. The van der Waals surface area contributed by atoms with Crippen molar-refractivity contribution in [2.45, 2.75) is 19.6 Å². The Morgan fingerprint density at radius 3 is 2.49 bits per heavy atom. The lowest BCUT2D eigenvalue weighted by molar-refractivity contribution is -0.138. The van der Waals surface area contributed by atoms with E-state index in [4.69, 9.17) is 4.74 Å². The highest BCUT2D eigenvalue weighted by Crippen LogP contribution is 2.35. The minimum absolute atomic E-state index is 0.0463. The van der Waals surface area contributed by atoms with E-state index in [2.05, 4.69) is 25.5 Å². The minimum atomic E-state index is -4.56. The Balaban J connectivity index is 1.31. The number of likely N-dealkylation sites (N-methyl/N-ethyl adjacent to an activating group) is 1. The van der Waals surface area contributed by atoms with E-state index in [1.807, 2.05) is 11.9 Å². The van der Waals surface area contributed by atoms with Crippen LogP contribution >= 0.6 is 0 Å². The molecule has 2 aromatic carbocycles. The summed E-state index contributed by atoms with van der Waals surface area (Å²) in [5, 5.41) is 5.79. The van der Waals surface area contributed by atoms with E-state index in [0.29, 0.717) is 29.7 Å². The van der Waals surface area contributed by atoms with Gasteiger partial charge in [-0.15, -0.1) is 0 Å². The second-order valence-electron chi connectivity index (χ2n) is 9.81. The predicted molar refractivity (Wildman–Crippen MR) is 147 cm³/mol. The van der Waals surface area contributed by atoms with Gasteiger partial charge in [0.05, 0.1) is 11.1 Å². The number of benzene rings is 2. The third-order valence-corrected chi connectivity index (χ3v) is 6.71. The van der Waals surface area contributed by atoms with Crippen LogP contribution in [0.3, 0.4) is 0 Å². The third kappa shape index (κ3) is 6.81. The minimum Gasteiger partial charge on any atom is -0.439 e. The fourth-order valence-electron chi connectivity index (χ4n) is 4.61. The Hall–Kier alpha value is -4.49. The van der Waals surface area contributed by atoms with Crippen LogP contribution in [0.25, 0.3) is 10.9 Å². The molecule has 0 aliphatic carbocycles. The number of carbonyl (C=O) groups is 2. The van der Waals surface area contributed by atoms with Gasteiger partial charge < -0.3 is 20.3 Å². The third-order valence-electron chi connectivity index (χ3n) is 6.71. The second-order valence-corrected chi connectivity index (χ2v) is 9.81. The van der Waals surface area contributed by atoms with Gasteiger partial charge in [0.2, 0.25) is 11.8 Å². The zero-order valence-corrected chi connectivity index (χ0v) is 22.4. The number of ether oxygens (including phenoxy) is 1. The van der Waals surface area contributed by atoms with Crippen LogP contribution in [0.15, 0.2) is 61.1 Å². The maximum absolute atomic E-state index is 14.0. The number of rotatable bonds is 6. The monoisotopic (exact) mass is 567 g/mol. The van der Waals surface area contributed by atoms with E-state index in [-0.39, 0.29) is 35.4 Å². The summed E-state index contributed by atoms with van der Waals surface area (Å²) < 4.78 is 48.9. The molecule has 0 radical (unpaired) electrons. The number of nitrogens with one attached hydrogen (secondary N) is 2. The van der Waals surface area contributed by atoms with Crippen molar-refractivity contribution in [3.63, 3.8) is 0 Å². The highest BCUT2D eigenvalue weighted by molar-refractivity contribution is 5.98. The molecule has 4 aromatic rings. The molecule has 1 aliphatic heterocycles. The standard InChI is InChI=1S/C28H28F3N7O3/c1-18(39)34-25-15-26(33-17-32-25)41-22-5-6-24-19(13-22)7-8-38(24)27(40)35-21-4-3-20(23(14-21)28(29,30)31)16-37-11-9-36(2)10-12-37/h3-8,13-15,17H,9-12,16H2,1-2H3,(H,35,40)(H,32,33,34,39). The maximum Gasteiger partial charge on any atom is 0.416 e. The number of amides is 2. The van der Waals surface area contributed by atoms with Crippen LogP contribution < -0.4 is 15.4 Å². The Kier molecular flexibility index (Phi) is 7.90. The fourth-order valence-corrected chi connectivity index (χ4v) is 4.61. The SMILES string of the molecule is CC(=O)Nc1cc(Oc2ccc3c(ccn3C(=O)Nc3ccc(CN4CCN(C)CC4)c(C(F)(F)F)c3)c2)ncn1. The summed E-state index contributed by atoms with van der Waals surface area (Å²) in [6.07, 6.45) is -1.79. The number of hydrogen-bond acceptors (Lipinski definition) is 7. The van der Waals surface area contributed by atoms with Crippen LogP contribution in [0.5, 0.6) is 11.6 Å². The van der Waals surface area contributed by atoms with E-state index < -0.39 is 17.8 Å². The molecule has 0 saturated carbocycles. The van der Waals surface area contributed by atoms with Crippen LogP contribution in [-0.2, 0) is 17.5 Å². The largest absolute Gasteiger partial charge is 0.439 e. The molecule has 0 atom stereocenters. The molecule has 5 rings (SSSR count). The molecule has 10 nitrogen and oxygen atoms in total. The summed E-state index contributed by atoms with van der Waals surface area (Å²) in [5.41, 5.74) is -0.0177. The van der Waals surface area contributed by atoms with Crippen molar-refractivity contribution in [2.75, 3.05) is 43.9 Å². The summed E-state index contributed by atoms with van der Waals surface area (Å²) in [4.78, 5) is 36.4. The molecule has 2 amide bonds. The van der Waals surface area contributed by atoms with Crippen molar-refractivity contribution in [1.29, 1.82) is 0 Å². The van der Waals surface area contributed by atoms with Gasteiger partial charge in [0.25, 0.3) is 0 Å². The molecule has 1 saturated heterocycles. The van der Waals surface area contributed by atoms with Gasteiger partial charge in [-0.1, -0.05) is 6.07 Å². The first-order valence-corrected chi connectivity index (χ1v) is 12.9. The zero-order chi connectivity index (χ0) is 29.1. The molecular weight excluding hydrogens is 539 g/mol. The van der Waals surface area contributed by atoms with Crippen molar-refractivity contribution in [1.82, 2.24) is 24.3 Å². The first kappa shape index (κ1) is 28.1. The zero-order valence-electron chi connectivity index (χ0n) is 22.4. The van der Waals surface area contributed by atoms with Crippen LogP contribution in [0.4, 0.5) is 29.5 Å². The average Bonchev–Trinajstić information content (AvgIpc) is 3.33. The number of aromatic nitrogens is 3. The highest BCUT2D eigenvalue weighted by atomic mass is 19.4. The van der Waals surface area contributed by atoms with Gasteiger partial charge in [0, 0.05) is 63.0 Å². The molecule has 2 aromatic heterocycles. The molecule has 1 aliphatic rings. The van der Waals surface area contributed by atoms with E-state index in [9.17, 15) is 22.8 Å². The van der Waals surface area contributed by atoms with Gasteiger partial charge in [-0.2, -0.15) is 13.2 Å². The number of piperazine rings is 1. The molecule has 3 heterocycles. The average molecular weight is 568 g/mol. The molecule has 1 fully saturated rings. The summed E-state index contributed by atoms with van der Waals surface area (Å²) in [7, 11) is 1.99. The fraction of sp³-hybridized carbons (Fsp3) is 0.286. The number of nitrogens with zero attached hydrogens (tertiary/aromatic N) is 5. The second kappa shape index (κ2) is 11.6. The van der Waals surface area contributed by atoms with Crippen LogP contribution in [-0.4, -0.2) is 69.5 Å². The summed E-state index contributed by atoms with van der Waals surface area (Å²) in [6, 6.07) is 11.4. The molecule has 214 valence electrons. The lowest BCUT2D eigenvalue weighted by atomic mass is 10.0. The lowest BCUT2D eigenvalue weighted by Gasteiger charge is -2.33. The van der Waals surface area contributed by atoms with Crippen LogP contribution in [0, 0.1) is 0 Å². The Bertz CT molecular complexity index is 1580. The van der Waals surface area contributed by atoms with Gasteiger partial charge in [0.1, 0.15) is 17.9 Å². The predicted octanol–water partition coefficient (Wildman–Crippen LogP) is 5.03. The first-order valence-electron chi connectivity index (χ1n) is 12.9. The molecule has 41 heavy (non-hydrogen) atoms. The van der Waals surface area contributed by atoms with E-state index >= 15 is 0 Å². The van der Waals surface area contributed by atoms with E-state index in [1.165, 1.54) is 42.2 Å². The molecule has 0 spiro atoms. The molecule has 0 unspecified atom stereocenters. The summed E-state index contributed by atoms with van der Waals surface area (Å²) >= 11 is 0. The van der Waals surface area contributed by atoms with Crippen molar-refractivity contribution < 1.29 is 27.5 Å². The number of fused-ring (bicyclic) bond motifs is 1. The van der Waals surface area contributed by atoms with Gasteiger partial charge in [0.15, 0.2) is 0 Å². The quantitative estimate of drug-likeness (QED) is 0.337. The van der Waals surface area contributed by atoms with E-state index in [0.717, 1.165) is 19.2 Å². The van der Waals surface area contributed by atoms with Crippen LogP contribution in [0.1, 0.15) is 18.1 Å². The summed E-state index contributed by atoms with van der Waals surface area (Å²) in [6.45, 7) is 4.53. The molecule has 0 bridgehead atoms. The Morgan fingerprint density at radius 2 is 1.76 bits per heavy atom. The number of carbonyl (C=O) groups excluding carboxylic acids is 2. The van der Waals surface area contributed by atoms with Gasteiger partial charge >= 0.3 is 12.2 Å². The van der Waals surface area contributed by atoms with Crippen molar-refractivity contribution in [2.24, 2.45) is 0 Å². The van der Waals surface area contributed by atoms with Crippen molar-refractivity contribution in [3.8, 4) is 11.6 Å². The highest BCUT2D eigenvalue weighted by Gasteiger charge is 2.34. The smallest absolute Gasteiger partial charge is 0.416 e. The summed E-state index contributed by atoms with van der Waals surface area (Å²) in [5.74, 6) is 0.630. The van der Waals surface area contributed by atoms with E-state index in [1.54, 1.807) is 24.3 Å². The van der Waals surface area contributed by atoms with Gasteiger partial charge in [-0.05, 0) is 49.0 Å². The van der Waals surface area contributed by atoms with Crippen molar-refractivity contribution >= 4 is 34.3 Å². The normalized spacial score (nSPS) is 14.7. The maximum atomic E-state index is 14.0.